The molecule has 2 saturated heterocycles. The molecule has 0 spiro atoms. The molecule has 3 aliphatic rings. The van der Waals surface area contributed by atoms with E-state index in [-0.39, 0.29) is 35.7 Å². The number of likely N-dealkylation sites (tertiary alicyclic amines) is 1. The Morgan fingerprint density at radius 2 is 1.48 bits per heavy atom. The molecule has 4 atom stereocenters. The molecule has 138 valence electrons. The number of carbonyl (C=O) groups excluding carboxylic acids is 2. The van der Waals surface area contributed by atoms with Crippen LogP contribution in [0, 0.1) is 11.8 Å². The van der Waals surface area contributed by atoms with Gasteiger partial charge in [-0.3, -0.25) is 19.4 Å². The number of benzene rings is 2. The smallest absolute Gasteiger partial charge is 0.234 e. The third-order valence-electron chi connectivity index (χ3n) is 6.48. The number of rotatable bonds is 2. The van der Waals surface area contributed by atoms with Gasteiger partial charge < -0.3 is 4.74 Å². The molecule has 0 N–H and O–H groups in total. The number of fused-ring (bicyclic) bond motifs is 5. The minimum atomic E-state index is -0.366. The Morgan fingerprint density at radius 3 is 2.19 bits per heavy atom. The van der Waals surface area contributed by atoms with Gasteiger partial charge in [0, 0.05) is 25.2 Å². The number of nitrogens with zero attached hydrogens (tertiary/aromatic N) is 2. The summed E-state index contributed by atoms with van der Waals surface area (Å²) < 4.78 is 5.61. The number of hydrogen-bond donors (Lipinski definition) is 0. The van der Waals surface area contributed by atoms with Crippen LogP contribution < -0.4 is 4.74 Å². The third-order valence-corrected chi connectivity index (χ3v) is 6.48. The molecule has 0 aromatic heterocycles. The SMILES string of the molecule is COc1ccccc1[C@H]1[C@H]2C(=O)N(C)C(=O)[C@H]2[C@@H]2c3ccccc3CCN21. The number of para-hydroxylation sites is 1. The average Bonchev–Trinajstić information content (AvgIpc) is 3.16. The number of imide groups is 1. The topological polar surface area (TPSA) is 49.9 Å². The van der Waals surface area contributed by atoms with Crippen molar-refractivity contribution in [1.29, 1.82) is 0 Å². The van der Waals surface area contributed by atoms with Crippen molar-refractivity contribution in [3.63, 3.8) is 0 Å². The number of hydrogen-bond acceptors (Lipinski definition) is 4. The summed E-state index contributed by atoms with van der Waals surface area (Å²) in [6.07, 6.45) is 0.927. The Labute approximate surface area is 158 Å². The Balaban J connectivity index is 1.71. The van der Waals surface area contributed by atoms with Gasteiger partial charge in [-0.15, -0.1) is 0 Å². The lowest BCUT2D eigenvalue weighted by Gasteiger charge is -2.38. The van der Waals surface area contributed by atoms with E-state index in [4.69, 9.17) is 4.74 Å². The zero-order valence-corrected chi connectivity index (χ0v) is 15.5. The van der Waals surface area contributed by atoms with Gasteiger partial charge in [0.1, 0.15) is 5.75 Å². The molecule has 0 aliphatic carbocycles. The molecule has 0 unspecified atom stereocenters. The van der Waals surface area contributed by atoms with Gasteiger partial charge in [0.2, 0.25) is 11.8 Å². The van der Waals surface area contributed by atoms with Gasteiger partial charge in [-0.2, -0.15) is 0 Å². The van der Waals surface area contributed by atoms with E-state index in [1.807, 2.05) is 36.4 Å². The van der Waals surface area contributed by atoms with Crippen LogP contribution in [0.5, 0.6) is 5.75 Å². The average molecular weight is 362 g/mol. The van der Waals surface area contributed by atoms with Gasteiger partial charge in [0.25, 0.3) is 0 Å². The van der Waals surface area contributed by atoms with Crippen LogP contribution in [-0.4, -0.2) is 42.3 Å². The zero-order chi connectivity index (χ0) is 18.7. The molecule has 5 rings (SSSR count). The van der Waals surface area contributed by atoms with Gasteiger partial charge >= 0.3 is 0 Å². The quantitative estimate of drug-likeness (QED) is 0.771. The fraction of sp³-hybridized carbons (Fsp3) is 0.364. The first-order valence-corrected chi connectivity index (χ1v) is 9.41. The van der Waals surface area contributed by atoms with Gasteiger partial charge in [0.15, 0.2) is 0 Å². The molecule has 0 saturated carbocycles. The van der Waals surface area contributed by atoms with E-state index >= 15 is 0 Å². The lowest BCUT2D eigenvalue weighted by atomic mass is 9.83. The molecule has 3 aliphatic heterocycles. The molecular weight excluding hydrogens is 340 g/mol. The van der Waals surface area contributed by atoms with Crippen LogP contribution in [-0.2, 0) is 16.0 Å². The molecule has 5 heteroatoms. The first kappa shape index (κ1) is 16.5. The fourth-order valence-corrected chi connectivity index (χ4v) is 5.34. The van der Waals surface area contributed by atoms with Crippen molar-refractivity contribution in [2.24, 2.45) is 11.8 Å². The molecule has 5 nitrogen and oxygen atoms in total. The summed E-state index contributed by atoms with van der Waals surface area (Å²) in [4.78, 5) is 29.8. The number of amides is 2. The molecule has 2 aromatic carbocycles. The molecule has 2 aromatic rings. The summed E-state index contributed by atoms with van der Waals surface area (Å²) in [5, 5.41) is 0. The van der Waals surface area contributed by atoms with E-state index in [0.29, 0.717) is 0 Å². The monoisotopic (exact) mass is 362 g/mol. The molecule has 2 amide bonds. The second-order valence-electron chi connectivity index (χ2n) is 7.61. The van der Waals surface area contributed by atoms with Gasteiger partial charge in [-0.05, 0) is 23.6 Å². The van der Waals surface area contributed by atoms with E-state index in [0.717, 1.165) is 24.3 Å². The van der Waals surface area contributed by atoms with Crippen molar-refractivity contribution >= 4 is 11.8 Å². The number of methoxy groups -OCH3 is 1. The Morgan fingerprint density at radius 1 is 0.889 bits per heavy atom. The summed E-state index contributed by atoms with van der Waals surface area (Å²) in [5.41, 5.74) is 3.47. The Kier molecular flexibility index (Phi) is 3.62. The predicted octanol–water partition coefficient (Wildman–Crippen LogP) is 2.58. The highest BCUT2D eigenvalue weighted by molar-refractivity contribution is 6.06. The standard InChI is InChI=1S/C22H22N2O3/c1-23-21(25)17-18(22(23)26)20(15-9-5-6-10-16(15)27-2)24-12-11-13-7-3-4-8-14(13)19(17)24/h3-10,17-20H,11-12H2,1-2H3/t17-,18+,19+,20+/m1/s1. The second-order valence-corrected chi connectivity index (χ2v) is 7.61. The van der Waals surface area contributed by atoms with Crippen LogP contribution in [0.25, 0.3) is 0 Å². The van der Waals surface area contributed by atoms with Crippen LogP contribution >= 0.6 is 0 Å². The van der Waals surface area contributed by atoms with Crippen LogP contribution in [0.1, 0.15) is 28.8 Å². The first-order valence-electron chi connectivity index (χ1n) is 9.41. The third kappa shape index (κ3) is 2.15. The molecule has 0 radical (unpaired) electrons. The van der Waals surface area contributed by atoms with Gasteiger partial charge in [-0.25, -0.2) is 0 Å². The highest BCUT2D eigenvalue weighted by atomic mass is 16.5. The van der Waals surface area contributed by atoms with Crippen molar-refractivity contribution < 1.29 is 14.3 Å². The minimum Gasteiger partial charge on any atom is -0.496 e. The highest BCUT2D eigenvalue weighted by Gasteiger charge is 2.62. The van der Waals surface area contributed by atoms with Crippen molar-refractivity contribution in [3.8, 4) is 5.75 Å². The Bertz CT molecular complexity index is 941. The number of carbonyl (C=O) groups is 2. The summed E-state index contributed by atoms with van der Waals surface area (Å²) in [7, 11) is 3.27. The van der Waals surface area contributed by atoms with Crippen molar-refractivity contribution in [1.82, 2.24) is 9.80 Å². The van der Waals surface area contributed by atoms with Crippen molar-refractivity contribution in [3.05, 3.63) is 65.2 Å². The summed E-state index contributed by atoms with van der Waals surface area (Å²) in [5.74, 6) is -0.0636. The summed E-state index contributed by atoms with van der Waals surface area (Å²) >= 11 is 0. The van der Waals surface area contributed by atoms with Crippen LogP contribution in [0.15, 0.2) is 48.5 Å². The van der Waals surface area contributed by atoms with Crippen molar-refractivity contribution in [2.75, 3.05) is 20.7 Å². The maximum atomic E-state index is 13.1. The summed E-state index contributed by atoms with van der Waals surface area (Å²) in [6, 6.07) is 16.0. The van der Waals surface area contributed by atoms with Crippen LogP contribution in [0.3, 0.4) is 0 Å². The van der Waals surface area contributed by atoms with E-state index in [1.54, 1.807) is 14.2 Å². The van der Waals surface area contributed by atoms with Crippen LogP contribution in [0.2, 0.25) is 0 Å². The van der Waals surface area contributed by atoms with E-state index in [9.17, 15) is 9.59 Å². The van der Waals surface area contributed by atoms with Gasteiger partial charge in [0.05, 0.1) is 25.0 Å². The van der Waals surface area contributed by atoms with E-state index < -0.39 is 0 Å². The molecule has 0 bridgehead atoms. The lowest BCUT2D eigenvalue weighted by Crippen LogP contribution is -2.40. The van der Waals surface area contributed by atoms with E-state index in [1.165, 1.54) is 16.0 Å². The predicted molar refractivity (Wildman–Crippen MR) is 100 cm³/mol. The molecule has 27 heavy (non-hydrogen) atoms. The zero-order valence-electron chi connectivity index (χ0n) is 15.5. The fourth-order valence-electron chi connectivity index (χ4n) is 5.34. The van der Waals surface area contributed by atoms with Gasteiger partial charge in [-0.1, -0.05) is 42.5 Å². The van der Waals surface area contributed by atoms with E-state index in [2.05, 4.69) is 17.0 Å². The largest absolute Gasteiger partial charge is 0.496 e. The number of ether oxygens (including phenoxy) is 1. The highest BCUT2D eigenvalue weighted by Crippen LogP contribution is 2.58. The normalized spacial score (nSPS) is 29.5. The summed E-state index contributed by atoms with van der Waals surface area (Å²) in [6.45, 7) is 0.835. The van der Waals surface area contributed by atoms with Crippen molar-refractivity contribution in [2.45, 2.75) is 18.5 Å². The maximum absolute atomic E-state index is 13.1. The maximum Gasteiger partial charge on any atom is 0.234 e. The molecular formula is C22H22N2O3. The minimum absolute atomic E-state index is 0.0590. The Hall–Kier alpha value is -2.66. The lowest BCUT2D eigenvalue weighted by molar-refractivity contribution is -0.140. The molecule has 3 heterocycles. The molecule has 2 fully saturated rings. The second kappa shape index (κ2) is 5.92. The van der Waals surface area contributed by atoms with Crippen LogP contribution in [0.4, 0.5) is 0 Å². The first-order chi connectivity index (χ1) is 13.1.